The van der Waals surface area contributed by atoms with Gasteiger partial charge in [0.05, 0.1) is 38.9 Å². The molecule has 22 rings (SSSR count). The third-order valence-corrected chi connectivity index (χ3v) is 23.2. The zero-order valence-electron chi connectivity index (χ0n) is 57.5. The number of fused-ring (bicyclic) bond motifs is 24. The van der Waals surface area contributed by atoms with Gasteiger partial charge >= 0.3 is 0 Å². The second-order valence-electron chi connectivity index (χ2n) is 28.5. The molecule has 17 aromatic carbocycles. The van der Waals surface area contributed by atoms with Crippen LogP contribution < -0.4 is 9.80 Å². The van der Waals surface area contributed by atoms with Gasteiger partial charge in [-0.05, 0) is 199 Å². The number of para-hydroxylation sites is 6. The molecule has 4 nitrogen and oxygen atoms in total. The van der Waals surface area contributed by atoms with E-state index in [0.29, 0.717) is 0 Å². The van der Waals surface area contributed by atoms with Crippen molar-refractivity contribution < 1.29 is 0 Å². The summed E-state index contributed by atoms with van der Waals surface area (Å²) in [6.45, 7) is 0. The summed E-state index contributed by atoms with van der Waals surface area (Å²) < 4.78 is 4.94. The lowest BCUT2D eigenvalue weighted by Gasteiger charge is -2.34. The zero-order valence-corrected chi connectivity index (χ0v) is 57.5. The van der Waals surface area contributed by atoms with Gasteiger partial charge in [-0.2, -0.15) is 0 Å². The van der Waals surface area contributed by atoms with Crippen LogP contribution in [0.3, 0.4) is 0 Å². The van der Waals surface area contributed by atoms with Crippen molar-refractivity contribution in [2.24, 2.45) is 0 Å². The van der Waals surface area contributed by atoms with Crippen molar-refractivity contribution in [3.8, 4) is 55.9 Å². The minimum absolute atomic E-state index is 0.647. The Hall–Kier alpha value is -13.5. The predicted molar refractivity (Wildman–Crippen MR) is 439 cm³/mol. The fourth-order valence-electron chi connectivity index (χ4n) is 18.9. The molecule has 0 aliphatic heterocycles. The lowest BCUT2D eigenvalue weighted by atomic mass is 9.70. The van der Waals surface area contributed by atoms with Gasteiger partial charge in [-0.1, -0.05) is 279 Å². The number of hydrogen-bond donors (Lipinski definition) is 0. The van der Waals surface area contributed by atoms with E-state index in [2.05, 4.69) is 395 Å². The molecule has 2 aromatic heterocycles. The van der Waals surface area contributed by atoms with Crippen LogP contribution in [0.15, 0.2) is 376 Å². The van der Waals surface area contributed by atoms with Crippen LogP contribution >= 0.6 is 0 Å². The Morgan fingerprint density at radius 3 is 0.962 bits per heavy atom. The summed E-state index contributed by atoms with van der Waals surface area (Å²) in [7, 11) is 0. The average molecular weight is 1340 g/mol. The topological polar surface area (TPSA) is 16.3 Å². The number of aromatic nitrogens is 2. The van der Waals surface area contributed by atoms with Crippen LogP contribution in [0.2, 0.25) is 0 Å². The maximum Gasteiger partial charge on any atom is 0.0727 e. The second kappa shape index (κ2) is 23.2. The minimum Gasteiger partial charge on any atom is -0.309 e. The third kappa shape index (κ3) is 8.75. The molecule has 0 N–H and O–H groups in total. The Labute approximate surface area is 609 Å². The highest BCUT2D eigenvalue weighted by Gasteiger charge is 2.52. The van der Waals surface area contributed by atoms with E-state index in [4.69, 9.17) is 0 Å². The van der Waals surface area contributed by atoms with Gasteiger partial charge in [0.2, 0.25) is 0 Å². The van der Waals surface area contributed by atoms with E-state index in [-0.39, 0.29) is 0 Å². The molecule has 3 aliphatic rings. The van der Waals surface area contributed by atoms with Crippen molar-refractivity contribution in [3.63, 3.8) is 0 Å². The molecule has 0 unspecified atom stereocenters. The molecular formula is C101H66N4. The minimum atomic E-state index is -0.647. The largest absolute Gasteiger partial charge is 0.309 e. The second-order valence-corrected chi connectivity index (χ2v) is 28.5. The fourth-order valence-corrected chi connectivity index (χ4v) is 18.9. The Morgan fingerprint density at radius 1 is 0.200 bits per heavy atom. The van der Waals surface area contributed by atoms with E-state index < -0.39 is 5.41 Å². The van der Waals surface area contributed by atoms with Crippen molar-refractivity contribution in [2.45, 2.75) is 18.3 Å². The average Bonchev–Trinajstić information content (AvgIpc) is 1.50. The lowest BCUT2D eigenvalue weighted by Crippen LogP contribution is -2.26. The molecule has 105 heavy (non-hydrogen) atoms. The molecule has 2 heterocycles. The molecule has 1 spiro atoms. The van der Waals surface area contributed by atoms with E-state index in [1.807, 2.05) is 0 Å². The first kappa shape index (κ1) is 59.2. The predicted octanol–water partition coefficient (Wildman–Crippen LogP) is 26.3. The normalized spacial score (nSPS) is 13.0. The molecule has 4 heteroatoms. The van der Waals surface area contributed by atoms with E-state index in [1.165, 1.54) is 133 Å². The molecule has 3 aliphatic carbocycles. The molecule has 19 aromatic rings. The molecule has 490 valence electrons. The quantitative estimate of drug-likeness (QED) is 0.111. The summed E-state index contributed by atoms with van der Waals surface area (Å²) in [5.41, 5.74) is 33.4. The van der Waals surface area contributed by atoms with Crippen LogP contribution in [0.4, 0.5) is 34.1 Å². The number of nitrogens with zero attached hydrogens (tertiary/aromatic N) is 4. The molecule has 0 saturated carbocycles. The number of benzene rings is 17. The van der Waals surface area contributed by atoms with Gasteiger partial charge in [0.1, 0.15) is 0 Å². The van der Waals surface area contributed by atoms with Crippen molar-refractivity contribution in [1.29, 1.82) is 0 Å². The number of rotatable bonds is 8. The summed E-state index contributed by atoms with van der Waals surface area (Å²) in [6.07, 6.45) is 1.49. The van der Waals surface area contributed by atoms with E-state index in [1.54, 1.807) is 0 Å². The van der Waals surface area contributed by atoms with Gasteiger partial charge in [0, 0.05) is 77.2 Å². The maximum absolute atomic E-state index is 2.56. The lowest BCUT2D eigenvalue weighted by molar-refractivity contribution is 0.792. The van der Waals surface area contributed by atoms with Crippen LogP contribution in [0.25, 0.3) is 121 Å². The van der Waals surface area contributed by atoms with E-state index >= 15 is 0 Å². The zero-order chi connectivity index (χ0) is 68.8. The van der Waals surface area contributed by atoms with Crippen LogP contribution in [-0.2, 0) is 18.3 Å². The summed E-state index contributed by atoms with van der Waals surface area (Å²) in [5.74, 6) is 0. The number of hydrogen-bond acceptors (Lipinski definition) is 2. The van der Waals surface area contributed by atoms with Crippen LogP contribution in [-0.4, -0.2) is 9.13 Å². The molecule has 0 amide bonds. The van der Waals surface area contributed by atoms with Crippen molar-refractivity contribution in [1.82, 2.24) is 9.13 Å². The Bertz CT molecular complexity index is 6600. The highest BCUT2D eigenvalue weighted by Crippen LogP contribution is 2.64. The third-order valence-electron chi connectivity index (χ3n) is 23.2. The summed E-state index contributed by atoms with van der Waals surface area (Å²) in [6, 6.07) is 142. The van der Waals surface area contributed by atoms with Gasteiger partial charge < -0.3 is 18.9 Å². The molecule has 0 saturated heterocycles. The Morgan fingerprint density at radius 2 is 0.505 bits per heavy atom. The standard InChI is InChI=1S/C101H66N4/c1-3-29-69(30-4-1)102(71-51-55-77-67(61-71)59-65-27-7-9-33-75(65)76-34-10-8-28-66(76)60-68-62-72(52-56-78(68)77)104-95-47-23-17-37-83(95)84-38-18-24-48-96(84)104)99-87-41-11-13-43-89(87)100(90-44-14-12-42-88(90)99)103(70-31-5-2-6-32-70)73-53-57-81-82-58-54-74(105-97-49-25-19-39-85(97)86-40-20-26-50-98(86)105)64-94(82)101(93(81)63-73)91-45-21-15-35-79(91)80-36-16-22-46-92(80)101/h1-58,61-64H,59-60H2. The van der Waals surface area contributed by atoms with E-state index in [0.717, 1.165) is 79.9 Å². The first-order valence-electron chi connectivity index (χ1n) is 36.6. The molecule has 0 atom stereocenters. The van der Waals surface area contributed by atoms with Crippen LogP contribution in [0.5, 0.6) is 0 Å². The fraction of sp³-hybridized carbons (Fsp3) is 0.0297. The molecule has 0 radical (unpaired) electrons. The van der Waals surface area contributed by atoms with Crippen LogP contribution in [0, 0.1) is 0 Å². The Balaban J connectivity index is 0.752. The number of anilines is 6. The van der Waals surface area contributed by atoms with Gasteiger partial charge in [-0.15, -0.1) is 0 Å². The smallest absolute Gasteiger partial charge is 0.0727 e. The first-order chi connectivity index (χ1) is 52.1. The van der Waals surface area contributed by atoms with Gasteiger partial charge in [-0.25, -0.2) is 0 Å². The highest BCUT2D eigenvalue weighted by atomic mass is 15.2. The Kier molecular flexibility index (Phi) is 13.1. The first-order valence-corrected chi connectivity index (χ1v) is 36.6. The van der Waals surface area contributed by atoms with Crippen molar-refractivity contribution in [3.05, 3.63) is 421 Å². The van der Waals surface area contributed by atoms with Gasteiger partial charge in [0.15, 0.2) is 0 Å². The highest BCUT2D eigenvalue weighted by molar-refractivity contribution is 6.24. The maximum atomic E-state index is 2.56. The molecular weight excluding hydrogens is 1270 g/mol. The monoisotopic (exact) mass is 1330 g/mol. The summed E-state index contributed by atoms with van der Waals surface area (Å²) >= 11 is 0. The van der Waals surface area contributed by atoms with Gasteiger partial charge in [0.25, 0.3) is 0 Å². The molecule has 0 bridgehead atoms. The van der Waals surface area contributed by atoms with Gasteiger partial charge in [-0.3, -0.25) is 0 Å². The summed E-state index contributed by atoms with van der Waals surface area (Å²) in [4.78, 5) is 5.11. The molecule has 0 fully saturated rings. The summed E-state index contributed by atoms with van der Waals surface area (Å²) in [5, 5.41) is 9.58. The van der Waals surface area contributed by atoms with E-state index in [9.17, 15) is 0 Å². The van der Waals surface area contributed by atoms with Crippen molar-refractivity contribution >= 4 is 99.3 Å². The SMILES string of the molecule is c1ccc(N(c2ccc3c(c2)Cc2ccccc2-c2ccccc2Cc2cc(-n4c5ccccc5c5ccccc54)ccc2-3)c2c3ccccc3c(N(c3ccccc3)c3ccc4c(c3)C3(c5ccccc5-c5ccccc53)c3cc(-n5c6ccccc6c6ccccc65)ccc3-4)c3ccccc23)cc1. The van der Waals surface area contributed by atoms with Crippen molar-refractivity contribution in [2.75, 3.05) is 9.80 Å². The van der Waals surface area contributed by atoms with Crippen LogP contribution in [0.1, 0.15) is 44.5 Å².